The molecule has 0 saturated carbocycles. The number of phenolic OH excluding ortho intramolecular Hbond substituents is 1. The Balaban J connectivity index is 1.58. The summed E-state index contributed by atoms with van der Waals surface area (Å²) >= 11 is 5.16. The highest BCUT2D eigenvalue weighted by atomic mass is 32.9. The molecule has 0 aliphatic rings. The van der Waals surface area contributed by atoms with Crippen molar-refractivity contribution in [2.75, 3.05) is 13.2 Å². The van der Waals surface area contributed by atoms with E-state index in [-0.39, 0.29) is 24.5 Å². The van der Waals surface area contributed by atoms with E-state index in [4.69, 9.17) is 17.0 Å². The van der Waals surface area contributed by atoms with Crippen LogP contribution < -0.4 is 0 Å². The van der Waals surface area contributed by atoms with Crippen LogP contribution in [0.3, 0.4) is 0 Å². The van der Waals surface area contributed by atoms with Gasteiger partial charge in [0.05, 0.1) is 24.6 Å². The molecule has 0 saturated heterocycles. The molecule has 9 nitrogen and oxygen atoms in total. The molecule has 3 aromatic rings. The molecule has 1 aromatic heterocycles. The van der Waals surface area contributed by atoms with E-state index < -0.39 is 11.1 Å². The fourth-order valence-electron chi connectivity index (χ4n) is 2.52. The average Bonchev–Trinajstić information content (AvgIpc) is 3.22. The van der Waals surface area contributed by atoms with Gasteiger partial charge in [-0.25, -0.2) is 4.79 Å². The van der Waals surface area contributed by atoms with Gasteiger partial charge in [0.15, 0.2) is 0 Å². The summed E-state index contributed by atoms with van der Waals surface area (Å²) in [6.07, 6.45) is 0.740. The van der Waals surface area contributed by atoms with E-state index in [1.54, 1.807) is 20.7 Å². The number of esters is 1. The van der Waals surface area contributed by atoms with Gasteiger partial charge in [0, 0.05) is 4.88 Å². The molecular weight excluding hydrogens is 474 g/mol. The van der Waals surface area contributed by atoms with E-state index in [0.29, 0.717) is 24.2 Å². The van der Waals surface area contributed by atoms with Gasteiger partial charge in [-0.05, 0) is 54.8 Å². The maximum atomic E-state index is 12.2. The van der Waals surface area contributed by atoms with Crippen LogP contribution in [0, 0.1) is 13.9 Å². The molecule has 1 N–H and O–H groups in total. The maximum Gasteiger partial charge on any atom is 0.341 e. The molecule has 3 rings (SSSR count). The fourth-order valence-corrected chi connectivity index (χ4v) is 4.92. The van der Waals surface area contributed by atoms with Gasteiger partial charge in [-0.2, -0.15) is 10.2 Å². The van der Waals surface area contributed by atoms with Gasteiger partial charge in [0.2, 0.25) is 0 Å². The number of benzene rings is 2. The van der Waals surface area contributed by atoms with Crippen LogP contribution in [0.1, 0.15) is 23.2 Å². The standard InChI is InChI=1S/C20H17N3O6S3/c24-17-8-7-15(11-16(17)20(25)28-9-1-2-10-29-23(26)27)22-21-14-5-3-13(4-6-14)18-12-19(30)32-31-18/h3-8,11-12,24H,1-2,9-10H2. The summed E-state index contributed by atoms with van der Waals surface area (Å²) in [5.41, 5.74) is 1.99. The first-order valence-electron chi connectivity index (χ1n) is 9.32. The Labute approximate surface area is 195 Å². The summed E-state index contributed by atoms with van der Waals surface area (Å²) in [7, 11) is 3.17. The molecule has 0 bridgehead atoms. The van der Waals surface area contributed by atoms with Crippen molar-refractivity contribution in [1.82, 2.24) is 0 Å². The van der Waals surface area contributed by atoms with Crippen LogP contribution in [-0.2, 0) is 9.57 Å². The zero-order valence-corrected chi connectivity index (χ0v) is 19.0. The van der Waals surface area contributed by atoms with Crippen molar-refractivity contribution in [2.45, 2.75) is 12.8 Å². The van der Waals surface area contributed by atoms with Gasteiger partial charge in [-0.1, -0.05) is 45.0 Å². The number of hydrogen-bond acceptors (Lipinski definition) is 11. The van der Waals surface area contributed by atoms with Crippen LogP contribution in [0.5, 0.6) is 5.75 Å². The molecule has 2 aromatic carbocycles. The van der Waals surface area contributed by atoms with E-state index in [1.165, 1.54) is 18.2 Å². The molecule has 0 amide bonds. The van der Waals surface area contributed by atoms with Crippen LogP contribution in [0.4, 0.5) is 11.4 Å². The van der Waals surface area contributed by atoms with E-state index in [9.17, 15) is 20.0 Å². The molecule has 0 aliphatic carbocycles. The number of unbranched alkanes of at least 4 members (excludes halogenated alkanes) is 1. The van der Waals surface area contributed by atoms with Crippen LogP contribution >= 0.6 is 32.9 Å². The molecule has 1 heterocycles. The van der Waals surface area contributed by atoms with E-state index in [2.05, 4.69) is 15.1 Å². The van der Waals surface area contributed by atoms with Gasteiger partial charge >= 0.3 is 5.97 Å². The SMILES string of the molecule is O=C(OCCCCO[N+](=O)[O-])c1cc(N=Nc2ccc(-c3cc(=S)ss3)cc2)ccc1O. The molecule has 0 atom stereocenters. The maximum absolute atomic E-state index is 12.2. The average molecular weight is 492 g/mol. The number of rotatable bonds is 10. The van der Waals surface area contributed by atoms with Gasteiger partial charge in [-0.3, -0.25) is 0 Å². The van der Waals surface area contributed by atoms with Gasteiger partial charge < -0.3 is 14.7 Å². The molecule has 12 heteroatoms. The Morgan fingerprint density at radius 1 is 1.03 bits per heavy atom. The molecular formula is C20H17N3O6S3. The highest BCUT2D eigenvalue weighted by Gasteiger charge is 2.13. The van der Waals surface area contributed by atoms with Crippen LogP contribution in [-0.4, -0.2) is 29.4 Å². The lowest BCUT2D eigenvalue weighted by Crippen LogP contribution is -2.08. The second kappa shape index (κ2) is 11.4. The quantitative estimate of drug-likeness (QED) is 0.0655. The van der Waals surface area contributed by atoms with Crippen molar-refractivity contribution in [2.24, 2.45) is 10.2 Å². The smallest absolute Gasteiger partial charge is 0.341 e. The number of hydrogen-bond donors (Lipinski definition) is 1. The largest absolute Gasteiger partial charge is 0.507 e. The van der Waals surface area contributed by atoms with E-state index >= 15 is 0 Å². The van der Waals surface area contributed by atoms with Crippen molar-refractivity contribution < 1.29 is 24.6 Å². The summed E-state index contributed by atoms with van der Waals surface area (Å²) in [6.45, 7) is -0.0368. The number of carbonyl (C=O) groups is 1. The minimum Gasteiger partial charge on any atom is -0.507 e. The Morgan fingerprint density at radius 2 is 1.72 bits per heavy atom. The van der Waals surface area contributed by atoms with Crippen molar-refractivity contribution in [3.63, 3.8) is 0 Å². The Kier molecular flexibility index (Phi) is 8.36. The lowest BCUT2D eigenvalue weighted by molar-refractivity contribution is -0.757. The predicted molar refractivity (Wildman–Crippen MR) is 123 cm³/mol. The van der Waals surface area contributed by atoms with Gasteiger partial charge in [-0.15, -0.1) is 10.1 Å². The van der Waals surface area contributed by atoms with Gasteiger partial charge in [0.25, 0.3) is 5.09 Å². The number of ether oxygens (including phenoxy) is 1. The number of nitrogens with zero attached hydrogens (tertiary/aromatic N) is 3. The van der Waals surface area contributed by atoms with Crippen molar-refractivity contribution in [3.8, 4) is 16.2 Å². The monoisotopic (exact) mass is 491 g/mol. The first-order chi connectivity index (χ1) is 15.4. The van der Waals surface area contributed by atoms with Gasteiger partial charge in [0.1, 0.15) is 15.1 Å². The summed E-state index contributed by atoms with van der Waals surface area (Å²) in [5, 5.41) is 27.4. The fraction of sp³-hybridized carbons (Fsp3) is 0.200. The summed E-state index contributed by atoms with van der Waals surface area (Å²) < 4.78 is 5.94. The Morgan fingerprint density at radius 3 is 2.41 bits per heavy atom. The normalized spacial score (nSPS) is 10.9. The summed E-state index contributed by atoms with van der Waals surface area (Å²) in [6, 6.07) is 13.7. The Bertz CT molecular complexity index is 1170. The second-order valence-electron chi connectivity index (χ2n) is 6.34. The first kappa shape index (κ1) is 23.4. The Hall–Kier alpha value is -3.22. The minimum atomic E-state index is -0.875. The lowest BCUT2D eigenvalue weighted by Gasteiger charge is -2.07. The number of aromatic hydroxyl groups is 1. The molecule has 0 aliphatic heterocycles. The third-order valence-electron chi connectivity index (χ3n) is 4.06. The van der Waals surface area contributed by atoms with Crippen molar-refractivity contribution in [1.29, 1.82) is 0 Å². The third kappa shape index (κ3) is 6.90. The zero-order chi connectivity index (χ0) is 22.9. The van der Waals surface area contributed by atoms with E-state index in [1.807, 2.05) is 30.3 Å². The molecule has 32 heavy (non-hydrogen) atoms. The van der Waals surface area contributed by atoms with Crippen LogP contribution in [0.2, 0.25) is 0 Å². The predicted octanol–water partition coefficient (Wildman–Crippen LogP) is 6.47. The molecule has 0 spiro atoms. The highest BCUT2D eigenvalue weighted by Crippen LogP contribution is 2.31. The van der Waals surface area contributed by atoms with Crippen LogP contribution in [0.25, 0.3) is 10.4 Å². The lowest BCUT2D eigenvalue weighted by atomic mass is 10.2. The van der Waals surface area contributed by atoms with Crippen molar-refractivity contribution in [3.05, 3.63) is 68.0 Å². The molecule has 166 valence electrons. The minimum absolute atomic E-state index is 0.0371. The molecule has 0 radical (unpaired) electrons. The molecule has 0 fully saturated rings. The van der Waals surface area contributed by atoms with Crippen LogP contribution in [0.15, 0.2) is 58.8 Å². The van der Waals surface area contributed by atoms with E-state index in [0.717, 1.165) is 14.3 Å². The second-order valence-corrected chi connectivity index (χ2v) is 9.25. The van der Waals surface area contributed by atoms with Crippen molar-refractivity contribution >= 4 is 50.2 Å². The molecule has 0 unspecified atom stereocenters. The number of azo groups is 1. The number of phenols is 1. The third-order valence-corrected chi connectivity index (χ3v) is 6.97. The summed E-state index contributed by atoms with van der Waals surface area (Å²) in [4.78, 5) is 27.5. The zero-order valence-electron chi connectivity index (χ0n) is 16.5. The summed E-state index contributed by atoms with van der Waals surface area (Å²) in [5.74, 6) is -0.967. The number of carbonyl (C=O) groups excluding carboxylic acids is 1. The highest BCUT2D eigenvalue weighted by molar-refractivity contribution is 7.80. The topological polar surface area (TPSA) is 124 Å². The first-order valence-corrected chi connectivity index (χ1v) is 11.9.